The van der Waals surface area contributed by atoms with Gasteiger partial charge in [-0.2, -0.15) is 5.10 Å². The van der Waals surface area contributed by atoms with Crippen LogP contribution in [-0.2, 0) is 13.0 Å². The van der Waals surface area contributed by atoms with Gasteiger partial charge in [0, 0.05) is 24.2 Å². The Hall–Kier alpha value is -3.09. The minimum absolute atomic E-state index is 0.629. The van der Waals surface area contributed by atoms with Crippen molar-refractivity contribution in [3.8, 4) is 11.5 Å². The number of fused-ring (bicyclic) bond motifs is 1. The Morgan fingerprint density at radius 2 is 2.00 bits per heavy atom. The molecule has 0 spiro atoms. The average Bonchev–Trinajstić information content (AvgIpc) is 3.24. The highest BCUT2D eigenvalue weighted by Gasteiger charge is 2.15. The number of aryl methyl sites for hydroxylation is 2. The Labute approximate surface area is 145 Å². The van der Waals surface area contributed by atoms with Crippen LogP contribution >= 0.6 is 0 Å². The quantitative estimate of drug-likeness (QED) is 0.561. The number of nitrogens with zero attached hydrogens (tertiary/aromatic N) is 7. The number of hydrogen-bond acceptors (Lipinski definition) is 5. The van der Waals surface area contributed by atoms with Crippen LogP contribution in [0.5, 0.6) is 0 Å². The van der Waals surface area contributed by atoms with E-state index in [1.54, 1.807) is 23.2 Å². The molecule has 126 valence electrons. The van der Waals surface area contributed by atoms with Gasteiger partial charge in [0.25, 0.3) is 0 Å². The summed E-state index contributed by atoms with van der Waals surface area (Å²) >= 11 is 0. The average molecular weight is 333 g/mol. The lowest BCUT2D eigenvalue weighted by Crippen LogP contribution is -2.09. The van der Waals surface area contributed by atoms with Crippen molar-refractivity contribution >= 4 is 5.65 Å². The Balaban J connectivity index is 1.77. The standard InChI is InChI=1S/C18H19N7/c1-3-6-14-16(21-12-25-17(14)22-13(2)23-25)11-24-10-9-20-18(24)15-7-4-5-8-19-15/h4-5,7-10,12H,3,6,11H2,1-2H3. The molecule has 0 bridgehead atoms. The van der Waals surface area contributed by atoms with Crippen molar-refractivity contribution in [1.82, 2.24) is 34.1 Å². The van der Waals surface area contributed by atoms with Gasteiger partial charge in [-0.15, -0.1) is 0 Å². The van der Waals surface area contributed by atoms with E-state index >= 15 is 0 Å². The molecule has 0 unspecified atom stereocenters. The van der Waals surface area contributed by atoms with Crippen molar-refractivity contribution in [2.75, 3.05) is 0 Å². The van der Waals surface area contributed by atoms with E-state index in [1.165, 1.54) is 0 Å². The zero-order valence-electron chi connectivity index (χ0n) is 14.3. The van der Waals surface area contributed by atoms with Crippen molar-refractivity contribution in [2.45, 2.75) is 33.2 Å². The van der Waals surface area contributed by atoms with Crippen LogP contribution in [0.2, 0.25) is 0 Å². The maximum Gasteiger partial charge on any atom is 0.162 e. The van der Waals surface area contributed by atoms with Gasteiger partial charge in [0.2, 0.25) is 0 Å². The van der Waals surface area contributed by atoms with Gasteiger partial charge >= 0.3 is 0 Å². The molecular formula is C18H19N7. The molecule has 7 nitrogen and oxygen atoms in total. The number of pyridine rings is 1. The fourth-order valence-corrected chi connectivity index (χ4v) is 3.02. The van der Waals surface area contributed by atoms with E-state index < -0.39 is 0 Å². The van der Waals surface area contributed by atoms with Crippen LogP contribution in [0.1, 0.15) is 30.4 Å². The largest absolute Gasteiger partial charge is 0.324 e. The van der Waals surface area contributed by atoms with Crippen molar-refractivity contribution < 1.29 is 0 Å². The molecule has 0 aromatic carbocycles. The summed E-state index contributed by atoms with van der Waals surface area (Å²) in [4.78, 5) is 18.1. The molecule has 0 aliphatic rings. The van der Waals surface area contributed by atoms with Crippen LogP contribution in [-0.4, -0.2) is 34.1 Å². The highest BCUT2D eigenvalue weighted by molar-refractivity contribution is 5.51. The van der Waals surface area contributed by atoms with Gasteiger partial charge in [0.05, 0.1) is 12.2 Å². The molecule has 0 saturated heterocycles. The summed E-state index contributed by atoms with van der Waals surface area (Å²) in [5, 5.41) is 4.37. The third kappa shape index (κ3) is 2.88. The van der Waals surface area contributed by atoms with Gasteiger partial charge in [0.1, 0.15) is 17.8 Å². The molecule has 0 fully saturated rings. The summed E-state index contributed by atoms with van der Waals surface area (Å²) in [6.07, 6.45) is 9.21. The molecule has 0 saturated carbocycles. The van der Waals surface area contributed by atoms with Crippen molar-refractivity contribution in [1.29, 1.82) is 0 Å². The predicted octanol–water partition coefficient (Wildman–Crippen LogP) is 2.69. The monoisotopic (exact) mass is 333 g/mol. The van der Waals surface area contributed by atoms with Crippen molar-refractivity contribution in [2.24, 2.45) is 0 Å². The van der Waals surface area contributed by atoms with Gasteiger partial charge < -0.3 is 4.57 Å². The molecule has 0 N–H and O–H groups in total. The molecule has 0 atom stereocenters. The second-order valence-corrected chi connectivity index (χ2v) is 5.94. The third-order valence-electron chi connectivity index (χ3n) is 4.11. The number of aromatic nitrogens is 7. The van der Waals surface area contributed by atoms with E-state index in [1.807, 2.05) is 31.3 Å². The predicted molar refractivity (Wildman–Crippen MR) is 94.1 cm³/mol. The van der Waals surface area contributed by atoms with Gasteiger partial charge in [-0.1, -0.05) is 19.4 Å². The first-order valence-corrected chi connectivity index (χ1v) is 8.38. The van der Waals surface area contributed by atoms with Crippen molar-refractivity contribution in [3.05, 3.63) is 60.2 Å². The minimum Gasteiger partial charge on any atom is -0.324 e. The van der Waals surface area contributed by atoms with Gasteiger partial charge in [-0.3, -0.25) is 4.98 Å². The first-order valence-electron chi connectivity index (χ1n) is 8.38. The van der Waals surface area contributed by atoms with Crippen LogP contribution < -0.4 is 0 Å². The highest BCUT2D eigenvalue weighted by Crippen LogP contribution is 2.19. The zero-order valence-corrected chi connectivity index (χ0v) is 14.3. The van der Waals surface area contributed by atoms with Crippen LogP contribution in [0.4, 0.5) is 0 Å². The SMILES string of the molecule is CCCc1c(Cn2ccnc2-c2ccccn2)ncn2nc(C)nc12. The molecule has 4 heterocycles. The summed E-state index contributed by atoms with van der Waals surface area (Å²) in [5.41, 5.74) is 3.89. The lowest BCUT2D eigenvalue weighted by molar-refractivity contribution is 0.742. The van der Waals surface area contributed by atoms with Gasteiger partial charge in [-0.25, -0.2) is 19.5 Å². The summed E-state index contributed by atoms with van der Waals surface area (Å²) in [6, 6.07) is 5.83. The molecule has 4 aromatic heterocycles. The fourth-order valence-electron chi connectivity index (χ4n) is 3.02. The second kappa shape index (κ2) is 6.43. The second-order valence-electron chi connectivity index (χ2n) is 5.94. The Morgan fingerprint density at radius 1 is 1.08 bits per heavy atom. The van der Waals surface area contributed by atoms with Crippen molar-refractivity contribution in [3.63, 3.8) is 0 Å². The molecule has 4 aromatic rings. The van der Waals surface area contributed by atoms with E-state index in [2.05, 4.69) is 36.5 Å². The molecule has 0 aliphatic carbocycles. The normalized spacial score (nSPS) is 11.3. The number of hydrogen-bond donors (Lipinski definition) is 0. The summed E-state index contributed by atoms with van der Waals surface area (Å²) in [5.74, 6) is 1.59. The van der Waals surface area contributed by atoms with Gasteiger partial charge in [0.15, 0.2) is 11.5 Å². The summed E-state index contributed by atoms with van der Waals surface area (Å²) in [6.45, 7) is 4.69. The topological polar surface area (TPSA) is 73.8 Å². The maximum absolute atomic E-state index is 4.64. The smallest absolute Gasteiger partial charge is 0.162 e. The first-order chi connectivity index (χ1) is 12.3. The fraction of sp³-hybridized carbons (Fsp3) is 0.278. The lowest BCUT2D eigenvalue weighted by Gasteiger charge is -2.11. The zero-order chi connectivity index (χ0) is 17.2. The molecular weight excluding hydrogens is 314 g/mol. The van der Waals surface area contributed by atoms with E-state index in [9.17, 15) is 0 Å². The van der Waals surface area contributed by atoms with E-state index in [0.717, 1.165) is 47.1 Å². The van der Waals surface area contributed by atoms with Crippen LogP contribution in [0.25, 0.3) is 17.2 Å². The minimum atomic E-state index is 0.629. The summed E-state index contributed by atoms with van der Waals surface area (Å²) < 4.78 is 3.83. The van der Waals surface area contributed by atoms with Crippen LogP contribution in [0.3, 0.4) is 0 Å². The Morgan fingerprint density at radius 3 is 2.80 bits per heavy atom. The number of rotatable bonds is 5. The third-order valence-corrected chi connectivity index (χ3v) is 4.11. The highest BCUT2D eigenvalue weighted by atomic mass is 15.3. The molecule has 0 aliphatic heterocycles. The van der Waals surface area contributed by atoms with Crippen LogP contribution in [0.15, 0.2) is 43.1 Å². The number of imidazole rings is 1. The first kappa shape index (κ1) is 15.4. The van der Waals surface area contributed by atoms with E-state index in [-0.39, 0.29) is 0 Å². The lowest BCUT2D eigenvalue weighted by atomic mass is 10.1. The van der Waals surface area contributed by atoms with Crippen LogP contribution in [0, 0.1) is 6.92 Å². The molecule has 0 amide bonds. The molecule has 4 rings (SSSR count). The Bertz CT molecular complexity index is 1000. The maximum atomic E-state index is 4.64. The molecule has 25 heavy (non-hydrogen) atoms. The van der Waals surface area contributed by atoms with Gasteiger partial charge in [-0.05, 0) is 25.5 Å². The molecule has 0 radical (unpaired) electrons. The summed E-state index contributed by atoms with van der Waals surface area (Å²) in [7, 11) is 0. The van der Waals surface area contributed by atoms with E-state index in [0.29, 0.717) is 6.54 Å². The van der Waals surface area contributed by atoms with E-state index in [4.69, 9.17) is 0 Å². The Kier molecular flexibility index (Phi) is 3.97. The molecule has 7 heteroatoms.